The Bertz CT molecular complexity index is 1280. The summed E-state index contributed by atoms with van der Waals surface area (Å²) in [7, 11) is 0. The van der Waals surface area contributed by atoms with Gasteiger partial charge in [0.25, 0.3) is 0 Å². The van der Waals surface area contributed by atoms with E-state index in [-0.39, 0.29) is 11.7 Å². The monoisotopic (exact) mass is 551 g/mol. The van der Waals surface area contributed by atoms with Gasteiger partial charge in [0.15, 0.2) is 11.0 Å². The van der Waals surface area contributed by atoms with Crippen LogP contribution in [0.3, 0.4) is 0 Å². The number of aromatic nitrogens is 3. The Hall–Kier alpha value is -3.30. The number of nitrogens with one attached hydrogen (secondary N) is 2. The van der Waals surface area contributed by atoms with Crippen molar-refractivity contribution in [2.45, 2.75) is 25.5 Å². The molecule has 0 spiro atoms. The van der Waals surface area contributed by atoms with Gasteiger partial charge in [-0.1, -0.05) is 41.6 Å². The van der Waals surface area contributed by atoms with E-state index in [0.29, 0.717) is 18.3 Å². The number of aryl methyl sites for hydroxylation is 1. The topological polar surface area (TPSA) is 81.1 Å². The summed E-state index contributed by atoms with van der Waals surface area (Å²) < 4.78 is 8.33. The summed E-state index contributed by atoms with van der Waals surface area (Å²) in [5, 5.41) is 15.8. The summed E-state index contributed by atoms with van der Waals surface area (Å²) in [5.41, 5.74) is 3.79. The van der Waals surface area contributed by atoms with Gasteiger partial charge in [-0.15, -0.1) is 10.2 Å². The molecule has 0 aliphatic heterocycles. The highest BCUT2D eigenvalue weighted by Crippen LogP contribution is 2.25. The molecule has 180 valence electrons. The zero-order chi connectivity index (χ0) is 24.6. The predicted octanol–water partition coefficient (Wildman–Crippen LogP) is 6.08. The van der Waals surface area contributed by atoms with Crippen LogP contribution in [0.4, 0.5) is 11.4 Å². The fourth-order valence-electron chi connectivity index (χ4n) is 3.36. The van der Waals surface area contributed by atoms with Crippen molar-refractivity contribution in [3.63, 3.8) is 0 Å². The van der Waals surface area contributed by atoms with Gasteiger partial charge in [-0.25, -0.2) is 0 Å². The van der Waals surface area contributed by atoms with Crippen molar-refractivity contribution < 1.29 is 9.53 Å². The fraction of sp³-hybridized carbons (Fsp3) is 0.192. The number of hydrogen-bond acceptors (Lipinski definition) is 6. The van der Waals surface area contributed by atoms with Gasteiger partial charge in [-0.3, -0.25) is 9.36 Å². The zero-order valence-electron chi connectivity index (χ0n) is 19.5. The first-order valence-electron chi connectivity index (χ1n) is 11.2. The molecule has 0 unspecified atom stereocenters. The minimum atomic E-state index is -0.116. The average Bonchev–Trinajstić information content (AvgIpc) is 3.27. The lowest BCUT2D eigenvalue weighted by Gasteiger charge is -2.12. The van der Waals surface area contributed by atoms with Gasteiger partial charge in [-0.05, 0) is 78.3 Å². The number of nitrogens with zero attached hydrogens (tertiary/aromatic N) is 3. The molecule has 1 aromatic heterocycles. The van der Waals surface area contributed by atoms with Gasteiger partial charge in [0, 0.05) is 15.8 Å². The van der Waals surface area contributed by atoms with Crippen LogP contribution in [0, 0.1) is 6.92 Å². The minimum absolute atomic E-state index is 0.116. The second kappa shape index (κ2) is 11.9. The van der Waals surface area contributed by atoms with Crippen molar-refractivity contribution in [1.82, 2.24) is 14.8 Å². The highest BCUT2D eigenvalue weighted by molar-refractivity contribution is 9.10. The van der Waals surface area contributed by atoms with E-state index in [4.69, 9.17) is 4.74 Å². The Morgan fingerprint density at radius 3 is 2.49 bits per heavy atom. The van der Waals surface area contributed by atoms with Crippen LogP contribution in [0.2, 0.25) is 0 Å². The fourth-order valence-corrected chi connectivity index (χ4v) is 4.51. The smallest absolute Gasteiger partial charge is 0.234 e. The molecule has 3 aromatic carbocycles. The van der Waals surface area contributed by atoms with Gasteiger partial charge in [-0.2, -0.15) is 0 Å². The molecule has 7 nitrogen and oxygen atoms in total. The molecule has 1 amide bonds. The third-order valence-corrected chi connectivity index (χ3v) is 6.71. The number of hydrogen-bond donors (Lipinski definition) is 2. The van der Waals surface area contributed by atoms with Crippen molar-refractivity contribution in [3.8, 4) is 11.4 Å². The molecule has 0 saturated carbocycles. The molecular weight excluding hydrogens is 526 g/mol. The molecule has 0 bridgehead atoms. The largest absolute Gasteiger partial charge is 0.494 e. The Morgan fingerprint density at radius 1 is 1.03 bits per heavy atom. The number of benzene rings is 3. The maximum absolute atomic E-state index is 12.6. The van der Waals surface area contributed by atoms with Crippen molar-refractivity contribution in [3.05, 3.63) is 88.7 Å². The number of halogens is 1. The standard InChI is InChI=1S/C26H26BrN5O2S/c1-3-34-21-14-10-19(11-15-21)28-16-24-30-31-26(32(24)20-12-8-18(2)9-13-20)35-17-25(33)29-23-7-5-4-6-22(23)27/h4-15,28H,3,16-17H2,1-2H3,(H,29,33). The molecule has 9 heteroatoms. The zero-order valence-corrected chi connectivity index (χ0v) is 21.9. The van der Waals surface area contributed by atoms with Crippen LogP contribution in [0.5, 0.6) is 5.75 Å². The summed E-state index contributed by atoms with van der Waals surface area (Å²) in [6, 6.07) is 23.5. The lowest BCUT2D eigenvalue weighted by Crippen LogP contribution is -2.15. The molecule has 0 aliphatic carbocycles. The SMILES string of the molecule is CCOc1ccc(NCc2nnc(SCC(=O)Nc3ccccc3Br)n2-c2ccc(C)cc2)cc1. The minimum Gasteiger partial charge on any atom is -0.494 e. The van der Waals surface area contributed by atoms with Crippen molar-refractivity contribution in [2.75, 3.05) is 23.0 Å². The van der Waals surface area contributed by atoms with Crippen LogP contribution in [0.15, 0.2) is 82.4 Å². The van der Waals surface area contributed by atoms with Crippen molar-refractivity contribution >= 4 is 45.0 Å². The van der Waals surface area contributed by atoms with Gasteiger partial charge in [0.1, 0.15) is 5.75 Å². The summed E-state index contributed by atoms with van der Waals surface area (Å²) in [6.45, 7) is 5.11. The predicted molar refractivity (Wildman–Crippen MR) is 145 cm³/mol. The molecule has 0 atom stereocenters. The highest BCUT2D eigenvalue weighted by atomic mass is 79.9. The molecule has 35 heavy (non-hydrogen) atoms. The molecule has 4 aromatic rings. The number of amides is 1. The third-order valence-electron chi connectivity index (χ3n) is 5.09. The Balaban J connectivity index is 1.49. The van der Waals surface area contributed by atoms with E-state index in [0.717, 1.165) is 38.7 Å². The number of rotatable bonds is 10. The van der Waals surface area contributed by atoms with E-state index in [2.05, 4.69) is 36.8 Å². The van der Waals surface area contributed by atoms with Gasteiger partial charge in [0.2, 0.25) is 5.91 Å². The van der Waals surface area contributed by atoms with E-state index in [9.17, 15) is 4.79 Å². The second-order valence-electron chi connectivity index (χ2n) is 7.70. The quantitative estimate of drug-likeness (QED) is 0.232. The first-order valence-corrected chi connectivity index (χ1v) is 13.0. The lowest BCUT2D eigenvalue weighted by atomic mass is 10.2. The molecule has 0 fully saturated rings. The molecule has 0 saturated heterocycles. The maximum atomic E-state index is 12.6. The Kier molecular flexibility index (Phi) is 8.44. The Labute approximate surface area is 217 Å². The maximum Gasteiger partial charge on any atom is 0.234 e. The molecule has 0 radical (unpaired) electrons. The number of carbonyl (C=O) groups excluding carboxylic acids is 1. The van der Waals surface area contributed by atoms with E-state index < -0.39 is 0 Å². The first-order chi connectivity index (χ1) is 17.0. The van der Waals surface area contributed by atoms with Crippen LogP contribution in [0.25, 0.3) is 5.69 Å². The van der Waals surface area contributed by atoms with Crippen LogP contribution < -0.4 is 15.4 Å². The van der Waals surface area contributed by atoms with Gasteiger partial charge in [0.05, 0.1) is 24.6 Å². The molecule has 2 N–H and O–H groups in total. The van der Waals surface area contributed by atoms with Gasteiger partial charge < -0.3 is 15.4 Å². The second-order valence-corrected chi connectivity index (χ2v) is 9.49. The molecule has 4 rings (SSSR count). The molecule has 1 heterocycles. The van der Waals surface area contributed by atoms with E-state index in [1.165, 1.54) is 11.8 Å². The third kappa shape index (κ3) is 6.64. The van der Waals surface area contributed by atoms with E-state index >= 15 is 0 Å². The number of carbonyl (C=O) groups is 1. The van der Waals surface area contributed by atoms with Crippen LogP contribution in [-0.4, -0.2) is 33.0 Å². The summed E-state index contributed by atoms with van der Waals surface area (Å²) in [4.78, 5) is 12.6. The number of para-hydroxylation sites is 1. The molecule has 0 aliphatic rings. The number of thioether (sulfide) groups is 1. The van der Waals surface area contributed by atoms with Crippen LogP contribution >= 0.6 is 27.7 Å². The number of ether oxygens (including phenoxy) is 1. The van der Waals surface area contributed by atoms with E-state index in [1.807, 2.05) is 91.2 Å². The average molecular weight is 552 g/mol. The number of anilines is 2. The summed E-state index contributed by atoms with van der Waals surface area (Å²) in [6.07, 6.45) is 0. The van der Waals surface area contributed by atoms with E-state index in [1.54, 1.807) is 0 Å². The lowest BCUT2D eigenvalue weighted by molar-refractivity contribution is -0.113. The summed E-state index contributed by atoms with van der Waals surface area (Å²) >= 11 is 4.81. The van der Waals surface area contributed by atoms with Crippen molar-refractivity contribution in [1.29, 1.82) is 0 Å². The van der Waals surface area contributed by atoms with Crippen LogP contribution in [-0.2, 0) is 11.3 Å². The normalized spacial score (nSPS) is 10.7. The first kappa shape index (κ1) is 24.8. The van der Waals surface area contributed by atoms with Crippen LogP contribution in [0.1, 0.15) is 18.3 Å². The van der Waals surface area contributed by atoms with Crippen molar-refractivity contribution in [2.24, 2.45) is 0 Å². The molecular formula is C26H26BrN5O2S. The van der Waals surface area contributed by atoms with Gasteiger partial charge >= 0.3 is 0 Å². The highest BCUT2D eigenvalue weighted by Gasteiger charge is 2.16. The summed E-state index contributed by atoms with van der Waals surface area (Å²) in [5.74, 6) is 1.67. The Morgan fingerprint density at radius 2 is 1.77 bits per heavy atom.